The molecule has 0 unspecified atom stereocenters. The fourth-order valence-corrected chi connectivity index (χ4v) is 1.76. The number of furan rings is 1. The minimum Gasteiger partial charge on any atom is -0.461 e. The Morgan fingerprint density at radius 2 is 2.00 bits per heavy atom. The first-order chi connectivity index (χ1) is 9.56. The van der Waals surface area contributed by atoms with Gasteiger partial charge in [-0.2, -0.15) is 4.98 Å². The molecule has 0 saturated carbocycles. The number of nitrogens with two attached hydrogens (primary N) is 1. The lowest BCUT2D eigenvalue weighted by Gasteiger charge is -2.00. The Morgan fingerprint density at radius 1 is 1.20 bits per heavy atom. The van der Waals surface area contributed by atoms with Crippen molar-refractivity contribution in [2.45, 2.75) is 6.92 Å². The number of anilines is 1. The number of benzene rings is 1. The first-order valence-corrected chi connectivity index (χ1v) is 5.69. The first kappa shape index (κ1) is 12.3. The smallest absolute Gasteiger partial charge is 0.261 e. The van der Waals surface area contributed by atoms with Gasteiger partial charge >= 0.3 is 0 Å². The zero-order chi connectivity index (χ0) is 14.3. The first-order valence-electron chi connectivity index (χ1n) is 5.69. The van der Waals surface area contributed by atoms with E-state index in [0.29, 0.717) is 11.8 Å². The molecule has 1 aromatic carbocycles. The molecule has 0 aliphatic carbocycles. The minimum absolute atomic E-state index is 0.0631. The predicted molar refractivity (Wildman–Crippen MR) is 66.5 cm³/mol. The van der Waals surface area contributed by atoms with Crippen molar-refractivity contribution in [3.05, 3.63) is 41.7 Å². The van der Waals surface area contributed by atoms with Crippen LogP contribution in [0, 0.1) is 18.6 Å². The molecule has 0 saturated heterocycles. The molecule has 5 nitrogen and oxygen atoms in total. The zero-order valence-corrected chi connectivity index (χ0v) is 10.4. The minimum atomic E-state index is -0.840. The van der Waals surface area contributed by atoms with Crippen molar-refractivity contribution in [1.29, 1.82) is 0 Å². The van der Waals surface area contributed by atoms with E-state index in [9.17, 15) is 8.78 Å². The van der Waals surface area contributed by atoms with Gasteiger partial charge in [0.15, 0.2) is 5.76 Å². The molecule has 20 heavy (non-hydrogen) atoms. The summed E-state index contributed by atoms with van der Waals surface area (Å²) in [5.74, 6) is -1.16. The molecule has 2 heterocycles. The van der Waals surface area contributed by atoms with E-state index in [1.807, 2.05) is 6.92 Å². The molecule has 0 bridgehead atoms. The Hall–Kier alpha value is -2.70. The topological polar surface area (TPSA) is 78.1 Å². The van der Waals surface area contributed by atoms with E-state index in [2.05, 4.69) is 10.1 Å². The maximum atomic E-state index is 13.7. The van der Waals surface area contributed by atoms with E-state index in [0.717, 1.165) is 11.6 Å². The maximum absolute atomic E-state index is 13.7. The van der Waals surface area contributed by atoms with Gasteiger partial charge in [0.05, 0.1) is 17.5 Å². The number of rotatable bonds is 2. The van der Waals surface area contributed by atoms with Crippen LogP contribution in [0.25, 0.3) is 23.0 Å². The van der Waals surface area contributed by atoms with Crippen LogP contribution in [0.1, 0.15) is 5.56 Å². The van der Waals surface area contributed by atoms with E-state index >= 15 is 0 Å². The van der Waals surface area contributed by atoms with Crippen molar-refractivity contribution in [2.24, 2.45) is 0 Å². The molecule has 0 radical (unpaired) electrons. The van der Waals surface area contributed by atoms with Crippen LogP contribution in [0.15, 0.2) is 33.4 Å². The van der Waals surface area contributed by atoms with E-state index in [4.69, 9.17) is 14.7 Å². The number of hydrogen-bond donors (Lipinski definition) is 1. The van der Waals surface area contributed by atoms with Gasteiger partial charge in [0.2, 0.25) is 5.82 Å². The molecule has 0 fully saturated rings. The van der Waals surface area contributed by atoms with Gasteiger partial charge in [0.25, 0.3) is 5.89 Å². The highest BCUT2D eigenvalue weighted by molar-refractivity contribution is 5.63. The second kappa shape index (κ2) is 4.44. The Balaban J connectivity index is 2.07. The molecule has 3 rings (SSSR count). The summed E-state index contributed by atoms with van der Waals surface area (Å²) in [6.07, 6.45) is 1.48. The van der Waals surface area contributed by atoms with Crippen molar-refractivity contribution < 1.29 is 17.7 Å². The number of halogens is 2. The van der Waals surface area contributed by atoms with Crippen LogP contribution in [0.3, 0.4) is 0 Å². The van der Waals surface area contributed by atoms with Crippen LogP contribution in [-0.4, -0.2) is 10.1 Å². The summed E-state index contributed by atoms with van der Waals surface area (Å²) in [6.45, 7) is 1.81. The molecular formula is C13H9F2N3O2. The molecule has 0 aliphatic rings. The highest BCUT2D eigenvalue weighted by atomic mass is 19.1. The van der Waals surface area contributed by atoms with Gasteiger partial charge in [-0.05, 0) is 24.6 Å². The average molecular weight is 277 g/mol. The van der Waals surface area contributed by atoms with Crippen LogP contribution in [0.4, 0.5) is 14.5 Å². The quantitative estimate of drug-likeness (QED) is 0.728. The molecule has 2 aromatic heterocycles. The summed E-state index contributed by atoms with van der Waals surface area (Å²) in [6, 6.07) is 3.52. The van der Waals surface area contributed by atoms with E-state index in [-0.39, 0.29) is 23.0 Å². The summed E-state index contributed by atoms with van der Waals surface area (Å²) >= 11 is 0. The van der Waals surface area contributed by atoms with Crippen LogP contribution in [-0.2, 0) is 0 Å². The Bertz CT molecular complexity index is 780. The fourth-order valence-electron chi connectivity index (χ4n) is 1.76. The number of aryl methyl sites for hydroxylation is 1. The summed E-state index contributed by atoms with van der Waals surface area (Å²) < 4.78 is 37.0. The van der Waals surface area contributed by atoms with Crippen LogP contribution in [0.5, 0.6) is 0 Å². The number of nitrogens with zero attached hydrogens (tertiary/aromatic N) is 2. The Morgan fingerprint density at radius 3 is 2.70 bits per heavy atom. The average Bonchev–Trinajstić information content (AvgIpc) is 3.02. The van der Waals surface area contributed by atoms with Gasteiger partial charge in [-0.25, -0.2) is 8.78 Å². The molecule has 0 spiro atoms. The summed E-state index contributed by atoms with van der Waals surface area (Å²) in [5.41, 5.74) is 5.96. The molecule has 7 heteroatoms. The van der Waals surface area contributed by atoms with Crippen LogP contribution < -0.4 is 5.73 Å². The predicted octanol–water partition coefficient (Wildman–Crippen LogP) is 3.17. The Labute approximate surface area is 112 Å². The second-order valence-electron chi connectivity index (χ2n) is 4.21. The number of aromatic nitrogens is 2. The molecule has 0 amide bonds. The highest BCUT2D eigenvalue weighted by Crippen LogP contribution is 2.28. The van der Waals surface area contributed by atoms with Crippen molar-refractivity contribution in [3.63, 3.8) is 0 Å². The molecule has 102 valence electrons. The number of hydrogen-bond acceptors (Lipinski definition) is 5. The lowest BCUT2D eigenvalue weighted by Crippen LogP contribution is -1.94. The summed E-state index contributed by atoms with van der Waals surface area (Å²) in [5, 5.41) is 3.71. The maximum Gasteiger partial charge on any atom is 0.261 e. The van der Waals surface area contributed by atoms with Gasteiger partial charge in [0.1, 0.15) is 11.6 Å². The molecular weight excluding hydrogens is 268 g/mol. The molecule has 0 aliphatic heterocycles. The van der Waals surface area contributed by atoms with Gasteiger partial charge in [-0.1, -0.05) is 5.16 Å². The van der Waals surface area contributed by atoms with Gasteiger partial charge in [0, 0.05) is 6.07 Å². The fraction of sp³-hybridized carbons (Fsp3) is 0.0769. The zero-order valence-electron chi connectivity index (χ0n) is 10.4. The lowest BCUT2D eigenvalue weighted by molar-refractivity contribution is 0.426. The third-order valence-corrected chi connectivity index (χ3v) is 2.81. The van der Waals surface area contributed by atoms with E-state index < -0.39 is 11.6 Å². The third-order valence-electron chi connectivity index (χ3n) is 2.81. The SMILES string of the molecule is Cc1ccoc1-c1noc(-c2cc(N)c(F)cc2F)n1. The molecule has 2 N–H and O–H groups in total. The molecule has 3 aromatic rings. The molecule has 0 atom stereocenters. The van der Waals surface area contributed by atoms with Gasteiger partial charge < -0.3 is 14.7 Å². The van der Waals surface area contributed by atoms with Crippen LogP contribution in [0.2, 0.25) is 0 Å². The Kier molecular flexibility index (Phi) is 2.74. The monoisotopic (exact) mass is 277 g/mol. The van der Waals surface area contributed by atoms with Crippen molar-refractivity contribution in [3.8, 4) is 23.0 Å². The highest BCUT2D eigenvalue weighted by Gasteiger charge is 2.18. The van der Waals surface area contributed by atoms with Crippen molar-refractivity contribution >= 4 is 5.69 Å². The lowest BCUT2D eigenvalue weighted by atomic mass is 10.2. The van der Waals surface area contributed by atoms with Gasteiger partial charge in [-0.15, -0.1) is 0 Å². The standard InChI is InChI=1S/C13H9F2N3O2/c1-6-2-3-19-11(6)12-17-13(20-18-12)7-4-10(16)9(15)5-8(7)14/h2-5H,16H2,1H3. The van der Waals surface area contributed by atoms with E-state index in [1.54, 1.807) is 6.07 Å². The summed E-state index contributed by atoms with van der Waals surface area (Å²) in [7, 11) is 0. The van der Waals surface area contributed by atoms with Crippen LogP contribution >= 0.6 is 0 Å². The summed E-state index contributed by atoms with van der Waals surface area (Å²) in [4.78, 5) is 4.03. The second-order valence-corrected chi connectivity index (χ2v) is 4.21. The van der Waals surface area contributed by atoms with Crippen molar-refractivity contribution in [2.75, 3.05) is 5.73 Å². The third kappa shape index (κ3) is 1.93. The largest absolute Gasteiger partial charge is 0.461 e. The van der Waals surface area contributed by atoms with Crippen molar-refractivity contribution in [1.82, 2.24) is 10.1 Å². The van der Waals surface area contributed by atoms with E-state index in [1.165, 1.54) is 6.26 Å². The van der Waals surface area contributed by atoms with Gasteiger partial charge in [-0.3, -0.25) is 0 Å². The normalized spacial score (nSPS) is 10.9. The number of nitrogen functional groups attached to an aromatic ring is 1.